The molecule has 2 rings (SSSR count). The average molecular weight is 216 g/mol. The van der Waals surface area contributed by atoms with Crippen molar-refractivity contribution in [2.45, 2.75) is 38.8 Å². The molecule has 0 saturated carbocycles. The van der Waals surface area contributed by atoms with E-state index >= 15 is 0 Å². The third-order valence-electron chi connectivity index (χ3n) is 2.71. The van der Waals surface area contributed by atoms with E-state index in [4.69, 9.17) is 16.3 Å². The highest BCUT2D eigenvalue weighted by Crippen LogP contribution is 2.29. The van der Waals surface area contributed by atoms with Crippen molar-refractivity contribution in [1.29, 1.82) is 0 Å². The number of ether oxygens (including phenoxy) is 1. The summed E-state index contributed by atoms with van der Waals surface area (Å²) in [4.78, 5) is 0. The molecule has 1 aromatic heterocycles. The molecule has 1 aliphatic rings. The van der Waals surface area contributed by atoms with Crippen molar-refractivity contribution in [2.24, 2.45) is 0 Å². The summed E-state index contributed by atoms with van der Waals surface area (Å²) < 4.78 is 7.51. The molecule has 0 spiro atoms. The summed E-state index contributed by atoms with van der Waals surface area (Å²) in [6.45, 7) is 4.91. The first kappa shape index (κ1) is 9.93. The SMILES string of the molecule is CCc1nnc(Cl)n1C1CCOC1C. The maximum absolute atomic E-state index is 6.00. The Kier molecular flexibility index (Phi) is 2.74. The molecule has 0 bridgehead atoms. The van der Waals surface area contributed by atoms with E-state index < -0.39 is 0 Å². The molecule has 2 unspecified atom stereocenters. The number of halogens is 1. The summed E-state index contributed by atoms with van der Waals surface area (Å²) in [6.07, 6.45) is 2.04. The second kappa shape index (κ2) is 3.87. The zero-order valence-corrected chi connectivity index (χ0v) is 9.16. The number of nitrogens with zero attached hydrogens (tertiary/aromatic N) is 3. The Balaban J connectivity index is 2.33. The van der Waals surface area contributed by atoms with Crippen molar-refractivity contribution < 1.29 is 4.74 Å². The van der Waals surface area contributed by atoms with Crippen LogP contribution in [0.15, 0.2) is 0 Å². The van der Waals surface area contributed by atoms with E-state index in [0.717, 1.165) is 25.3 Å². The van der Waals surface area contributed by atoms with Crippen LogP contribution in [0.2, 0.25) is 5.28 Å². The van der Waals surface area contributed by atoms with Gasteiger partial charge in [0.15, 0.2) is 0 Å². The van der Waals surface area contributed by atoms with Crippen LogP contribution in [0.3, 0.4) is 0 Å². The van der Waals surface area contributed by atoms with Crippen molar-refractivity contribution >= 4 is 11.6 Å². The van der Waals surface area contributed by atoms with E-state index in [1.807, 2.05) is 4.57 Å². The highest BCUT2D eigenvalue weighted by Gasteiger charge is 2.29. The van der Waals surface area contributed by atoms with E-state index in [9.17, 15) is 0 Å². The van der Waals surface area contributed by atoms with Gasteiger partial charge in [0.1, 0.15) is 5.82 Å². The van der Waals surface area contributed by atoms with Crippen molar-refractivity contribution in [3.63, 3.8) is 0 Å². The molecule has 2 heterocycles. The molecular formula is C9H14ClN3O. The van der Waals surface area contributed by atoms with Gasteiger partial charge in [-0.15, -0.1) is 10.2 Å². The first-order chi connectivity index (χ1) is 6.74. The van der Waals surface area contributed by atoms with Gasteiger partial charge in [-0.3, -0.25) is 4.57 Å². The van der Waals surface area contributed by atoms with Crippen molar-refractivity contribution in [3.8, 4) is 0 Å². The Morgan fingerprint density at radius 2 is 2.36 bits per heavy atom. The van der Waals surface area contributed by atoms with Gasteiger partial charge in [-0.25, -0.2) is 0 Å². The van der Waals surface area contributed by atoms with Crippen molar-refractivity contribution in [3.05, 3.63) is 11.1 Å². The standard InChI is InChI=1S/C9H14ClN3O/c1-3-8-11-12-9(10)13(8)7-4-5-14-6(7)2/h6-7H,3-5H2,1-2H3. The Morgan fingerprint density at radius 1 is 1.57 bits per heavy atom. The molecule has 0 aliphatic carbocycles. The molecule has 5 heteroatoms. The van der Waals surface area contributed by atoms with E-state index in [2.05, 4.69) is 24.0 Å². The fourth-order valence-electron chi connectivity index (χ4n) is 1.93. The third-order valence-corrected chi connectivity index (χ3v) is 2.97. The molecule has 1 fully saturated rings. The summed E-state index contributed by atoms with van der Waals surface area (Å²) >= 11 is 6.00. The fraction of sp³-hybridized carbons (Fsp3) is 0.778. The third kappa shape index (κ3) is 1.53. The van der Waals surface area contributed by atoms with E-state index in [1.54, 1.807) is 0 Å². The highest BCUT2D eigenvalue weighted by atomic mass is 35.5. The van der Waals surface area contributed by atoms with Gasteiger partial charge in [-0.05, 0) is 24.9 Å². The first-order valence-electron chi connectivity index (χ1n) is 4.95. The largest absolute Gasteiger partial charge is 0.376 e. The average Bonchev–Trinajstić information content (AvgIpc) is 2.72. The Hall–Kier alpha value is -0.610. The fourth-order valence-corrected chi connectivity index (χ4v) is 2.19. The molecule has 0 amide bonds. The lowest BCUT2D eigenvalue weighted by atomic mass is 10.1. The summed E-state index contributed by atoms with van der Waals surface area (Å²) in [6, 6.07) is 0.299. The minimum Gasteiger partial charge on any atom is -0.376 e. The van der Waals surface area contributed by atoms with Gasteiger partial charge in [-0.1, -0.05) is 6.92 Å². The van der Waals surface area contributed by atoms with Gasteiger partial charge in [0.2, 0.25) is 5.28 Å². The van der Waals surface area contributed by atoms with Crippen LogP contribution in [-0.2, 0) is 11.2 Å². The lowest BCUT2D eigenvalue weighted by molar-refractivity contribution is 0.107. The predicted molar refractivity (Wildman–Crippen MR) is 53.5 cm³/mol. The lowest BCUT2D eigenvalue weighted by Crippen LogP contribution is -2.19. The molecule has 2 atom stereocenters. The maximum Gasteiger partial charge on any atom is 0.225 e. The zero-order chi connectivity index (χ0) is 10.1. The van der Waals surface area contributed by atoms with Crippen molar-refractivity contribution in [2.75, 3.05) is 6.61 Å². The normalized spacial score (nSPS) is 27.1. The van der Waals surface area contributed by atoms with Crippen LogP contribution in [0.25, 0.3) is 0 Å². The van der Waals surface area contributed by atoms with Crippen LogP contribution in [0.1, 0.15) is 32.1 Å². The van der Waals surface area contributed by atoms with Crippen LogP contribution < -0.4 is 0 Å². The Labute approximate surface area is 88.2 Å². The van der Waals surface area contributed by atoms with Gasteiger partial charge in [0, 0.05) is 13.0 Å². The van der Waals surface area contributed by atoms with Crippen LogP contribution in [0.4, 0.5) is 0 Å². The monoisotopic (exact) mass is 215 g/mol. The second-order valence-electron chi connectivity index (χ2n) is 3.54. The van der Waals surface area contributed by atoms with Crippen molar-refractivity contribution in [1.82, 2.24) is 14.8 Å². The summed E-state index contributed by atoms with van der Waals surface area (Å²) in [5.41, 5.74) is 0. The topological polar surface area (TPSA) is 39.9 Å². The molecule has 14 heavy (non-hydrogen) atoms. The van der Waals surface area contributed by atoms with E-state index in [-0.39, 0.29) is 6.10 Å². The van der Waals surface area contributed by atoms with Gasteiger partial charge >= 0.3 is 0 Å². The van der Waals surface area contributed by atoms with Crippen LogP contribution in [0, 0.1) is 0 Å². The number of hydrogen-bond acceptors (Lipinski definition) is 3. The Morgan fingerprint density at radius 3 is 2.93 bits per heavy atom. The molecule has 78 valence electrons. The molecular weight excluding hydrogens is 202 g/mol. The number of rotatable bonds is 2. The predicted octanol–water partition coefficient (Wildman–Crippen LogP) is 1.84. The van der Waals surface area contributed by atoms with Gasteiger partial charge < -0.3 is 4.74 Å². The molecule has 0 N–H and O–H groups in total. The second-order valence-corrected chi connectivity index (χ2v) is 3.88. The molecule has 0 radical (unpaired) electrons. The van der Waals surface area contributed by atoms with Crippen LogP contribution in [0.5, 0.6) is 0 Å². The summed E-state index contributed by atoms with van der Waals surface area (Å²) in [7, 11) is 0. The van der Waals surface area contributed by atoms with E-state index in [0.29, 0.717) is 11.3 Å². The summed E-state index contributed by atoms with van der Waals surface area (Å²) in [5, 5.41) is 8.40. The quantitative estimate of drug-likeness (QED) is 0.756. The molecule has 1 aromatic rings. The smallest absolute Gasteiger partial charge is 0.225 e. The van der Waals surface area contributed by atoms with E-state index in [1.165, 1.54) is 0 Å². The highest BCUT2D eigenvalue weighted by molar-refractivity contribution is 6.28. The minimum atomic E-state index is 0.203. The van der Waals surface area contributed by atoms with Crippen LogP contribution >= 0.6 is 11.6 Å². The van der Waals surface area contributed by atoms with Gasteiger partial charge in [0.25, 0.3) is 0 Å². The molecule has 4 nitrogen and oxygen atoms in total. The number of hydrogen-bond donors (Lipinski definition) is 0. The Bertz CT molecular complexity index is 326. The van der Waals surface area contributed by atoms with Gasteiger partial charge in [-0.2, -0.15) is 0 Å². The molecule has 0 aromatic carbocycles. The lowest BCUT2D eigenvalue weighted by Gasteiger charge is -2.17. The molecule has 1 aliphatic heterocycles. The zero-order valence-electron chi connectivity index (χ0n) is 8.40. The number of aryl methyl sites for hydroxylation is 1. The number of aromatic nitrogens is 3. The molecule has 1 saturated heterocycles. The first-order valence-corrected chi connectivity index (χ1v) is 5.32. The van der Waals surface area contributed by atoms with Crippen LogP contribution in [-0.4, -0.2) is 27.5 Å². The summed E-state index contributed by atoms with van der Waals surface area (Å²) in [5.74, 6) is 0.942. The minimum absolute atomic E-state index is 0.203. The van der Waals surface area contributed by atoms with Gasteiger partial charge in [0.05, 0.1) is 12.1 Å². The maximum atomic E-state index is 6.00.